The van der Waals surface area contributed by atoms with Crippen LogP contribution in [0.1, 0.15) is 6.92 Å². The fraction of sp³-hybridized carbons (Fsp3) is 0.292. The summed E-state index contributed by atoms with van der Waals surface area (Å²) in [6, 6.07) is 8.25. The number of hydrogen-bond acceptors (Lipinski definition) is 7. The van der Waals surface area contributed by atoms with E-state index in [0.29, 0.717) is 36.4 Å². The van der Waals surface area contributed by atoms with E-state index in [9.17, 15) is 13.4 Å². The van der Waals surface area contributed by atoms with Gasteiger partial charge in [0, 0.05) is 67.3 Å². The summed E-state index contributed by atoms with van der Waals surface area (Å²) in [5, 5.41) is 0.230. The van der Waals surface area contributed by atoms with Crippen LogP contribution in [0, 0.1) is 5.82 Å². The number of imidazole rings is 1. The number of carbonyl (C=O) groups excluding carboxylic acids is 1. The van der Waals surface area contributed by atoms with Gasteiger partial charge in [0.1, 0.15) is 17.9 Å². The molecule has 1 aliphatic heterocycles. The first kappa shape index (κ1) is 23.0. The third kappa shape index (κ3) is 4.63. The normalized spacial score (nSPS) is 17.1. The number of rotatable bonds is 5. The summed E-state index contributed by atoms with van der Waals surface area (Å²) in [6.45, 7) is 3.88. The highest BCUT2D eigenvalue weighted by Crippen LogP contribution is 2.32. The molecule has 0 radical (unpaired) electrons. The predicted molar refractivity (Wildman–Crippen MR) is 131 cm³/mol. The van der Waals surface area contributed by atoms with Crippen LogP contribution in [0.2, 0.25) is 0 Å². The van der Waals surface area contributed by atoms with Crippen molar-refractivity contribution < 1.29 is 13.4 Å². The van der Waals surface area contributed by atoms with Crippen LogP contribution in [0.5, 0.6) is 0 Å². The number of hydrogen-bond donors (Lipinski definition) is 0. The van der Waals surface area contributed by atoms with E-state index in [1.54, 1.807) is 35.6 Å². The van der Waals surface area contributed by atoms with Crippen LogP contribution in [-0.2, 0) is 22.1 Å². The smallest absolute Gasteiger partial charge is 0.242 e. The zero-order chi connectivity index (χ0) is 24.5. The quantitative estimate of drug-likeness (QED) is 0.394. The van der Waals surface area contributed by atoms with Gasteiger partial charge in [0.25, 0.3) is 0 Å². The molecule has 2 unspecified atom stereocenters. The molecule has 35 heavy (non-hydrogen) atoms. The summed E-state index contributed by atoms with van der Waals surface area (Å²) < 4.78 is 27.6. The van der Waals surface area contributed by atoms with E-state index < -0.39 is 10.8 Å². The van der Waals surface area contributed by atoms with Gasteiger partial charge in [0.15, 0.2) is 5.65 Å². The number of amides is 1. The van der Waals surface area contributed by atoms with E-state index in [1.165, 1.54) is 18.4 Å². The van der Waals surface area contributed by atoms with E-state index >= 15 is 0 Å². The van der Waals surface area contributed by atoms with Gasteiger partial charge >= 0.3 is 0 Å². The lowest BCUT2D eigenvalue weighted by molar-refractivity contribution is -0.134. The summed E-state index contributed by atoms with van der Waals surface area (Å²) >= 11 is 0. The van der Waals surface area contributed by atoms with Crippen LogP contribution in [0.4, 0.5) is 10.1 Å². The number of carbonyl (C=O) groups is 1. The minimum absolute atomic E-state index is 0.00186. The van der Waals surface area contributed by atoms with Gasteiger partial charge in [-0.15, -0.1) is 0 Å². The summed E-state index contributed by atoms with van der Waals surface area (Å²) in [6.07, 6.45) is 7.97. The Morgan fingerprint density at radius 3 is 2.69 bits per heavy atom. The molecule has 4 aromatic rings. The number of aromatic nitrogens is 5. The molecule has 0 saturated carbocycles. The number of fused-ring (bicyclic) bond motifs is 1. The Morgan fingerprint density at radius 1 is 1.14 bits per heavy atom. The van der Waals surface area contributed by atoms with Crippen molar-refractivity contribution in [2.75, 3.05) is 30.8 Å². The first-order chi connectivity index (χ1) is 16.9. The van der Waals surface area contributed by atoms with Crippen molar-refractivity contribution in [3.8, 4) is 11.1 Å². The molecular formula is C24H24FN7O2S. The van der Waals surface area contributed by atoms with Gasteiger partial charge in [-0.1, -0.05) is 0 Å². The molecule has 1 saturated heterocycles. The Labute approximate surface area is 204 Å². The van der Waals surface area contributed by atoms with Gasteiger partial charge in [-0.2, -0.15) is 0 Å². The third-order valence-corrected chi connectivity index (χ3v) is 6.85. The fourth-order valence-corrected chi connectivity index (χ4v) is 4.82. The van der Waals surface area contributed by atoms with E-state index in [-0.39, 0.29) is 29.5 Å². The molecule has 0 aliphatic carbocycles. The van der Waals surface area contributed by atoms with E-state index in [2.05, 4.69) is 24.8 Å². The number of nitrogens with zero attached hydrogens (tertiary/aromatic N) is 7. The van der Waals surface area contributed by atoms with Gasteiger partial charge in [-0.25, -0.2) is 24.3 Å². The highest BCUT2D eigenvalue weighted by molar-refractivity contribution is 7.84. The molecule has 1 fully saturated rings. The van der Waals surface area contributed by atoms with E-state index in [1.807, 2.05) is 24.0 Å². The van der Waals surface area contributed by atoms with Gasteiger partial charge in [-0.3, -0.25) is 9.00 Å². The first-order valence-electron chi connectivity index (χ1n) is 11.2. The second kappa shape index (κ2) is 9.49. The summed E-state index contributed by atoms with van der Waals surface area (Å²) in [4.78, 5) is 34.1. The summed E-state index contributed by atoms with van der Waals surface area (Å²) in [5.74, 6) is -0.368. The summed E-state index contributed by atoms with van der Waals surface area (Å²) in [7, 11) is -1.29. The molecule has 0 spiro atoms. The maximum atomic E-state index is 14.2. The molecule has 1 amide bonds. The lowest BCUT2D eigenvalue weighted by atomic mass is 10.0. The van der Waals surface area contributed by atoms with Gasteiger partial charge in [0.05, 0.1) is 17.1 Å². The Balaban J connectivity index is 1.34. The molecule has 1 aromatic carbocycles. The molecule has 9 nitrogen and oxygen atoms in total. The highest BCUT2D eigenvalue weighted by atomic mass is 32.2. The van der Waals surface area contributed by atoms with Crippen molar-refractivity contribution in [3.63, 3.8) is 0 Å². The van der Waals surface area contributed by atoms with Crippen molar-refractivity contribution in [3.05, 3.63) is 61.1 Å². The Morgan fingerprint density at radius 2 is 1.94 bits per heavy atom. The second-order valence-corrected chi connectivity index (χ2v) is 9.74. The number of benzene rings is 1. The molecule has 0 bridgehead atoms. The van der Waals surface area contributed by atoms with E-state index in [4.69, 9.17) is 0 Å². The maximum Gasteiger partial charge on any atom is 0.242 e. The molecule has 4 heterocycles. The Hall–Kier alpha value is -3.73. The number of halogens is 1. The monoisotopic (exact) mass is 493 g/mol. The lowest BCUT2D eigenvalue weighted by Crippen LogP contribution is -2.54. The van der Waals surface area contributed by atoms with Crippen molar-refractivity contribution in [1.29, 1.82) is 0 Å². The standard InChI is InChI=1S/C24H24FN7O2S/c1-16-13-30(8-9-32(16)22(33)14-31-15-29-20-4-3-7-26-23(20)31)21-6-5-18(25)10-19(21)17-11-27-24(28-12-17)35(2)34/h3-7,10-12,15-16H,8-9,13-14H2,1-2H3. The first-order valence-corrected chi connectivity index (χ1v) is 12.7. The van der Waals surface area contributed by atoms with Crippen molar-refractivity contribution in [2.45, 2.75) is 24.7 Å². The number of pyridine rings is 1. The SMILES string of the molecule is CC1CN(c2ccc(F)cc2-c2cnc(S(C)=O)nc2)CCN1C(=O)Cn1cnc2cccnc21. The Bertz CT molecular complexity index is 1410. The van der Waals surface area contributed by atoms with Crippen molar-refractivity contribution in [2.24, 2.45) is 0 Å². The van der Waals surface area contributed by atoms with Crippen LogP contribution >= 0.6 is 0 Å². The molecule has 2 atom stereocenters. The Kier molecular flexibility index (Phi) is 6.25. The van der Waals surface area contributed by atoms with Crippen LogP contribution in [0.3, 0.4) is 0 Å². The minimum Gasteiger partial charge on any atom is -0.367 e. The zero-order valence-corrected chi connectivity index (χ0v) is 20.2. The molecule has 180 valence electrons. The fourth-order valence-electron chi connectivity index (χ4n) is 4.42. The van der Waals surface area contributed by atoms with Gasteiger partial charge < -0.3 is 14.4 Å². The van der Waals surface area contributed by atoms with Crippen molar-refractivity contribution in [1.82, 2.24) is 29.4 Å². The van der Waals surface area contributed by atoms with Crippen LogP contribution in [-0.4, -0.2) is 71.5 Å². The number of piperazine rings is 1. The topological polar surface area (TPSA) is 97.1 Å². The van der Waals surface area contributed by atoms with Crippen LogP contribution in [0.25, 0.3) is 22.3 Å². The number of anilines is 1. The molecule has 0 N–H and O–H groups in total. The minimum atomic E-state index is -1.29. The molecule has 1 aliphatic rings. The largest absolute Gasteiger partial charge is 0.367 e. The molecule has 3 aromatic heterocycles. The third-order valence-electron chi connectivity index (χ3n) is 6.12. The molecular weight excluding hydrogens is 469 g/mol. The average Bonchev–Trinajstić information content (AvgIpc) is 3.26. The van der Waals surface area contributed by atoms with Crippen LogP contribution in [0.15, 0.2) is 60.4 Å². The van der Waals surface area contributed by atoms with Crippen LogP contribution < -0.4 is 4.90 Å². The molecule has 11 heteroatoms. The average molecular weight is 494 g/mol. The zero-order valence-electron chi connectivity index (χ0n) is 19.3. The maximum absolute atomic E-state index is 14.2. The summed E-state index contributed by atoms with van der Waals surface area (Å²) in [5.41, 5.74) is 3.57. The highest BCUT2D eigenvalue weighted by Gasteiger charge is 2.29. The van der Waals surface area contributed by atoms with Gasteiger partial charge in [-0.05, 0) is 37.3 Å². The van der Waals surface area contributed by atoms with E-state index in [0.717, 1.165) is 11.2 Å². The van der Waals surface area contributed by atoms with Gasteiger partial charge in [0.2, 0.25) is 11.1 Å². The second-order valence-electron chi connectivity index (χ2n) is 8.47. The predicted octanol–water partition coefficient (Wildman–Crippen LogP) is 2.50. The lowest BCUT2D eigenvalue weighted by Gasteiger charge is -2.41. The molecule has 5 rings (SSSR count). The van der Waals surface area contributed by atoms with Crippen molar-refractivity contribution >= 4 is 33.6 Å².